The molecule has 0 aliphatic heterocycles. The zero-order valence-corrected chi connectivity index (χ0v) is 18.0. The Morgan fingerprint density at radius 1 is 1.10 bits per heavy atom. The summed E-state index contributed by atoms with van der Waals surface area (Å²) in [7, 11) is 0. The third-order valence-electron chi connectivity index (χ3n) is 4.61. The average molecular weight is 449 g/mol. The van der Waals surface area contributed by atoms with Crippen LogP contribution in [0.15, 0.2) is 65.6 Å². The number of thiophene rings is 1. The quantitative estimate of drug-likeness (QED) is 0.390. The third-order valence-corrected chi connectivity index (χ3v) is 6.66. The number of esters is 1. The second-order valence-corrected chi connectivity index (χ2v) is 8.90. The third kappa shape index (κ3) is 3.92. The predicted molar refractivity (Wildman–Crippen MR) is 123 cm³/mol. The van der Waals surface area contributed by atoms with Crippen LogP contribution >= 0.6 is 22.7 Å². The molecule has 0 saturated carbocycles. The van der Waals surface area contributed by atoms with Crippen molar-refractivity contribution in [3.63, 3.8) is 0 Å². The Labute approximate surface area is 184 Å². The largest absolute Gasteiger partial charge is 0.455 e. The molecule has 1 aromatic carbocycles. The summed E-state index contributed by atoms with van der Waals surface area (Å²) in [5, 5.41) is 4.02. The van der Waals surface area contributed by atoms with Crippen molar-refractivity contribution in [2.75, 3.05) is 5.32 Å². The van der Waals surface area contributed by atoms with Gasteiger partial charge in [-0.05, 0) is 36.8 Å². The van der Waals surface area contributed by atoms with E-state index < -0.39 is 5.97 Å². The molecule has 0 atom stereocenters. The summed E-state index contributed by atoms with van der Waals surface area (Å²) < 4.78 is 7.79. The molecule has 4 aromatic heterocycles. The second-order valence-electron chi connectivity index (χ2n) is 6.84. The Morgan fingerprint density at radius 3 is 2.74 bits per heavy atom. The number of carbonyl (C=O) groups is 1. The number of nitrogens with one attached hydrogen (secondary N) is 1. The van der Waals surface area contributed by atoms with Gasteiger partial charge >= 0.3 is 5.97 Å². The summed E-state index contributed by atoms with van der Waals surface area (Å²) in [6.07, 6.45) is 1.67. The molecule has 0 bridgehead atoms. The number of carbonyl (C=O) groups excluding carboxylic acids is 1. The van der Waals surface area contributed by atoms with E-state index in [2.05, 4.69) is 15.3 Å². The first kappa shape index (κ1) is 19.4. The van der Waals surface area contributed by atoms with Gasteiger partial charge < -0.3 is 10.1 Å². The van der Waals surface area contributed by atoms with Crippen LogP contribution in [0.25, 0.3) is 15.2 Å². The Hall–Kier alpha value is -3.56. The highest BCUT2D eigenvalue weighted by Crippen LogP contribution is 2.34. The summed E-state index contributed by atoms with van der Waals surface area (Å²) in [6, 6.07) is 16.6. The minimum absolute atomic E-state index is 0.0707. The Kier molecular flexibility index (Phi) is 4.97. The van der Waals surface area contributed by atoms with Crippen molar-refractivity contribution >= 4 is 54.6 Å². The van der Waals surface area contributed by atoms with Gasteiger partial charge in [0, 0.05) is 18.0 Å². The second kappa shape index (κ2) is 7.93. The normalized spacial score (nSPS) is 11.1. The molecule has 0 amide bonds. The van der Waals surface area contributed by atoms with Crippen LogP contribution in [-0.4, -0.2) is 20.3 Å². The molecule has 0 fully saturated rings. The van der Waals surface area contributed by atoms with Crippen LogP contribution in [0.1, 0.15) is 20.9 Å². The molecule has 154 valence electrons. The number of aryl methyl sites for hydroxylation is 1. The van der Waals surface area contributed by atoms with Crippen LogP contribution in [0.2, 0.25) is 0 Å². The molecule has 0 aliphatic carbocycles. The summed E-state index contributed by atoms with van der Waals surface area (Å²) in [5.41, 5.74) is 2.59. The number of fused-ring (bicyclic) bond motifs is 2. The molecular formula is C22H16N4O3S2. The standard InChI is InChI=1S/C22H16N4O3S2/c1-13-6-5-9-26-18(27)10-15(23-19(13)26)12-29-21(28)17-11-16-20(30-17)25-22(31-16)24-14-7-3-2-4-8-14/h2-11H,12H2,1H3,(H,24,25). The van der Waals surface area contributed by atoms with Crippen molar-refractivity contribution in [2.24, 2.45) is 0 Å². The van der Waals surface area contributed by atoms with Gasteiger partial charge in [0.1, 0.15) is 22.0 Å². The van der Waals surface area contributed by atoms with E-state index >= 15 is 0 Å². The van der Waals surface area contributed by atoms with Crippen molar-refractivity contribution in [3.05, 3.63) is 87.3 Å². The highest BCUT2D eigenvalue weighted by Gasteiger charge is 2.16. The van der Waals surface area contributed by atoms with Gasteiger partial charge in [0.15, 0.2) is 5.13 Å². The summed E-state index contributed by atoms with van der Waals surface area (Å²) in [6.45, 7) is 1.81. The minimum atomic E-state index is -0.459. The molecule has 0 saturated heterocycles. The molecule has 0 unspecified atom stereocenters. The van der Waals surface area contributed by atoms with Gasteiger partial charge in [-0.3, -0.25) is 9.20 Å². The van der Waals surface area contributed by atoms with E-state index in [1.807, 2.05) is 43.3 Å². The fourth-order valence-electron chi connectivity index (χ4n) is 3.13. The summed E-state index contributed by atoms with van der Waals surface area (Å²) >= 11 is 2.75. The van der Waals surface area contributed by atoms with Crippen molar-refractivity contribution in [1.29, 1.82) is 0 Å². The smallest absolute Gasteiger partial charge is 0.348 e. The molecule has 31 heavy (non-hydrogen) atoms. The van der Waals surface area contributed by atoms with Crippen LogP contribution in [0.4, 0.5) is 10.8 Å². The Bertz CT molecular complexity index is 1440. The Balaban J connectivity index is 1.30. The van der Waals surface area contributed by atoms with Gasteiger partial charge in [0.2, 0.25) is 0 Å². The van der Waals surface area contributed by atoms with E-state index in [9.17, 15) is 9.59 Å². The van der Waals surface area contributed by atoms with Gasteiger partial charge in [-0.2, -0.15) is 0 Å². The number of benzene rings is 1. The number of para-hydroxylation sites is 1. The number of hydrogen-bond acceptors (Lipinski definition) is 8. The molecule has 7 nitrogen and oxygen atoms in total. The first-order valence-electron chi connectivity index (χ1n) is 9.44. The molecule has 1 N–H and O–H groups in total. The van der Waals surface area contributed by atoms with Crippen molar-refractivity contribution in [3.8, 4) is 0 Å². The zero-order chi connectivity index (χ0) is 21.4. The molecule has 0 radical (unpaired) electrons. The summed E-state index contributed by atoms with van der Waals surface area (Å²) in [5.74, 6) is -0.459. The number of thiazole rings is 1. The minimum Gasteiger partial charge on any atom is -0.455 e. The van der Waals surface area contributed by atoms with E-state index in [0.29, 0.717) is 16.2 Å². The lowest BCUT2D eigenvalue weighted by Crippen LogP contribution is -2.17. The molecule has 0 aliphatic rings. The predicted octanol–water partition coefficient (Wildman–Crippen LogP) is 4.77. The maximum atomic E-state index is 12.5. The van der Waals surface area contributed by atoms with E-state index in [4.69, 9.17) is 4.74 Å². The molecule has 5 rings (SSSR count). The number of rotatable bonds is 5. The number of nitrogens with zero attached hydrogens (tertiary/aromatic N) is 3. The Morgan fingerprint density at radius 2 is 1.94 bits per heavy atom. The lowest BCUT2D eigenvalue weighted by molar-refractivity contribution is 0.0473. The van der Waals surface area contributed by atoms with Crippen LogP contribution in [-0.2, 0) is 11.3 Å². The number of ether oxygens (including phenoxy) is 1. The lowest BCUT2D eigenvalue weighted by Gasteiger charge is -2.06. The van der Waals surface area contributed by atoms with Crippen molar-refractivity contribution < 1.29 is 9.53 Å². The fourth-order valence-corrected chi connectivity index (χ4v) is 5.16. The van der Waals surface area contributed by atoms with Crippen LogP contribution in [0, 0.1) is 6.92 Å². The molecular weight excluding hydrogens is 432 g/mol. The first-order chi connectivity index (χ1) is 15.1. The topological polar surface area (TPSA) is 85.6 Å². The number of pyridine rings is 1. The zero-order valence-electron chi connectivity index (χ0n) is 16.4. The van der Waals surface area contributed by atoms with Gasteiger partial charge in [0.05, 0.1) is 10.4 Å². The number of anilines is 2. The van der Waals surface area contributed by atoms with Gasteiger partial charge in [-0.25, -0.2) is 14.8 Å². The maximum Gasteiger partial charge on any atom is 0.348 e. The van der Waals surface area contributed by atoms with Crippen molar-refractivity contribution in [2.45, 2.75) is 13.5 Å². The highest BCUT2D eigenvalue weighted by molar-refractivity contribution is 7.29. The monoisotopic (exact) mass is 448 g/mol. The average Bonchev–Trinajstić information content (AvgIpc) is 3.32. The van der Waals surface area contributed by atoms with Crippen LogP contribution in [0.5, 0.6) is 0 Å². The molecule has 9 heteroatoms. The lowest BCUT2D eigenvalue weighted by atomic mass is 10.3. The van der Waals surface area contributed by atoms with E-state index in [1.54, 1.807) is 18.3 Å². The van der Waals surface area contributed by atoms with Crippen LogP contribution < -0.4 is 10.9 Å². The first-order valence-corrected chi connectivity index (χ1v) is 11.1. The van der Waals surface area contributed by atoms with E-state index in [0.717, 1.165) is 25.9 Å². The molecule has 5 aromatic rings. The maximum absolute atomic E-state index is 12.5. The van der Waals surface area contributed by atoms with E-state index in [1.165, 1.54) is 33.1 Å². The van der Waals surface area contributed by atoms with Gasteiger partial charge in [-0.1, -0.05) is 35.6 Å². The molecule has 4 heterocycles. The van der Waals surface area contributed by atoms with Gasteiger partial charge in [0.25, 0.3) is 5.56 Å². The number of hydrogen-bond donors (Lipinski definition) is 1. The molecule has 0 spiro atoms. The van der Waals surface area contributed by atoms with Gasteiger partial charge in [-0.15, -0.1) is 11.3 Å². The number of aromatic nitrogens is 3. The fraction of sp³-hybridized carbons (Fsp3) is 0.0909. The highest BCUT2D eigenvalue weighted by atomic mass is 32.1. The summed E-state index contributed by atoms with van der Waals surface area (Å²) in [4.78, 5) is 35.0. The SMILES string of the molecule is Cc1cccn2c(=O)cc(COC(=O)c3cc4sc(Nc5ccccc5)nc4s3)nc12. The van der Waals surface area contributed by atoms with Crippen LogP contribution in [0.3, 0.4) is 0 Å². The van der Waals surface area contributed by atoms with E-state index in [-0.39, 0.29) is 12.2 Å². The van der Waals surface area contributed by atoms with Crippen molar-refractivity contribution in [1.82, 2.24) is 14.4 Å².